The maximum absolute atomic E-state index is 13.0. The van der Waals surface area contributed by atoms with Crippen LogP contribution in [-0.4, -0.2) is 42.0 Å². The number of aromatic amines is 1. The average molecular weight is 370 g/mol. The summed E-state index contributed by atoms with van der Waals surface area (Å²) in [6, 6.07) is 4.80. The number of benzene rings is 1. The summed E-state index contributed by atoms with van der Waals surface area (Å²) < 4.78 is 32.2. The predicted octanol–water partition coefficient (Wildman–Crippen LogP) is 1.91. The summed E-state index contributed by atoms with van der Waals surface area (Å²) in [5.41, 5.74) is 1.27. The number of carbonyl (C=O) groups is 1. The summed E-state index contributed by atoms with van der Waals surface area (Å²) in [5.74, 6) is -0.614. The van der Waals surface area contributed by atoms with E-state index in [1.165, 1.54) is 30.5 Å². The summed E-state index contributed by atoms with van der Waals surface area (Å²) in [5, 5.41) is 7.17. The molecule has 1 aliphatic rings. The number of rotatable bonds is 4. The molecule has 0 bridgehead atoms. The van der Waals surface area contributed by atoms with Crippen molar-refractivity contribution in [1.82, 2.24) is 14.5 Å². The maximum Gasteiger partial charge on any atom is 0.329 e. The van der Waals surface area contributed by atoms with E-state index in [9.17, 15) is 13.2 Å². The van der Waals surface area contributed by atoms with Crippen molar-refractivity contribution in [2.75, 3.05) is 13.2 Å². The number of aromatic nitrogens is 2. The quantitative estimate of drug-likeness (QED) is 0.831. The number of nitrogens with one attached hydrogen (secondary N) is 1. The van der Waals surface area contributed by atoms with Crippen LogP contribution in [0.25, 0.3) is 0 Å². The maximum atomic E-state index is 13.0. The number of ether oxygens (including phenoxy) is 1. The van der Waals surface area contributed by atoms with Crippen molar-refractivity contribution in [1.29, 1.82) is 0 Å². The summed E-state index contributed by atoms with van der Waals surface area (Å²) >= 11 is 5.83. The Morgan fingerprint density at radius 2 is 2.12 bits per heavy atom. The van der Waals surface area contributed by atoms with Crippen LogP contribution in [-0.2, 0) is 26.0 Å². The van der Waals surface area contributed by atoms with Gasteiger partial charge in [0.15, 0.2) is 6.04 Å². The van der Waals surface area contributed by atoms with Crippen LogP contribution in [0.15, 0.2) is 35.4 Å². The van der Waals surface area contributed by atoms with Gasteiger partial charge in [-0.15, -0.1) is 0 Å². The first-order chi connectivity index (χ1) is 11.4. The van der Waals surface area contributed by atoms with Gasteiger partial charge in [0.1, 0.15) is 0 Å². The molecule has 1 aliphatic heterocycles. The van der Waals surface area contributed by atoms with Gasteiger partial charge in [0.05, 0.1) is 17.7 Å². The molecule has 9 heteroatoms. The molecule has 0 saturated carbocycles. The van der Waals surface area contributed by atoms with E-state index in [1.54, 1.807) is 6.92 Å². The van der Waals surface area contributed by atoms with Gasteiger partial charge in [0.2, 0.25) is 10.0 Å². The first kappa shape index (κ1) is 16.9. The molecule has 128 valence electrons. The molecular weight excluding hydrogens is 354 g/mol. The van der Waals surface area contributed by atoms with Crippen LogP contribution in [0.3, 0.4) is 0 Å². The van der Waals surface area contributed by atoms with Gasteiger partial charge >= 0.3 is 5.97 Å². The van der Waals surface area contributed by atoms with Crippen LogP contribution in [0.5, 0.6) is 0 Å². The normalized spacial score (nSPS) is 18.2. The van der Waals surface area contributed by atoms with Crippen LogP contribution in [0, 0.1) is 0 Å². The molecule has 0 spiro atoms. The van der Waals surface area contributed by atoms with E-state index >= 15 is 0 Å². The second kappa shape index (κ2) is 6.54. The molecule has 7 nitrogen and oxygen atoms in total. The van der Waals surface area contributed by atoms with E-state index in [0.717, 1.165) is 10.00 Å². The van der Waals surface area contributed by atoms with Crippen molar-refractivity contribution in [3.8, 4) is 0 Å². The highest BCUT2D eigenvalue weighted by atomic mass is 35.5. The molecule has 0 unspecified atom stereocenters. The van der Waals surface area contributed by atoms with E-state index in [4.69, 9.17) is 16.3 Å². The van der Waals surface area contributed by atoms with Gasteiger partial charge in [-0.25, -0.2) is 13.2 Å². The largest absolute Gasteiger partial charge is 0.465 e. The molecule has 0 amide bonds. The molecule has 3 rings (SSSR count). The zero-order chi connectivity index (χ0) is 17.3. The van der Waals surface area contributed by atoms with Gasteiger partial charge in [0.25, 0.3) is 0 Å². The van der Waals surface area contributed by atoms with Crippen molar-refractivity contribution >= 4 is 27.6 Å². The van der Waals surface area contributed by atoms with Crippen LogP contribution in [0.1, 0.15) is 24.2 Å². The lowest BCUT2D eigenvalue weighted by molar-refractivity contribution is -0.148. The van der Waals surface area contributed by atoms with Crippen LogP contribution < -0.4 is 0 Å². The summed E-state index contributed by atoms with van der Waals surface area (Å²) in [7, 11) is -3.88. The predicted molar refractivity (Wildman–Crippen MR) is 87.0 cm³/mol. The number of hydrogen-bond donors (Lipinski definition) is 1. The molecular formula is C15H16ClN3O4S. The molecule has 1 N–H and O–H groups in total. The Bertz CT molecular complexity index is 848. The Morgan fingerprint density at radius 1 is 1.42 bits per heavy atom. The second-order valence-corrected chi connectivity index (χ2v) is 7.61. The number of nitrogens with zero attached hydrogens (tertiary/aromatic N) is 2. The molecule has 1 atom stereocenters. The van der Waals surface area contributed by atoms with Crippen molar-refractivity contribution < 1.29 is 17.9 Å². The Morgan fingerprint density at radius 3 is 2.79 bits per heavy atom. The van der Waals surface area contributed by atoms with E-state index in [0.29, 0.717) is 17.0 Å². The average Bonchev–Trinajstić information content (AvgIpc) is 3.03. The van der Waals surface area contributed by atoms with Gasteiger partial charge < -0.3 is 4.74 Å². The van der Waals surface area contributed by atoms with Crippen LogP contribution in [0.2, 0.25) is 5.02 Å². The van der Waals surface area contributed by atoms with Crippen molar-refractivity contribution in [3.05, 3.63) is 46.7 Å². The van der Waals surface area contributed by atoms with Gasteiger partial charge in [-0.3, -0.25) is 5.10 Å². The highest BCUT2D eigenvalue weighted by Crippen LogP contribution is 2.34. The Labute approximate surface area is 144 Å². The van der Waals surface area contributed by atoms with Gasteiger partial charge in [-0.2, -0.15) is 9.40 Å². The summed E-state index contributed by atoms with van der Waals surface area (Å²) in [6.45, 7) is 2.00. The first-order valence-corrected chi connectivity index (χ1v) is 9.23. The lowest BCUT2D eigenvalue weighted by Crippen LogP contribution is -2.43. The Hall–Kier alpha value is -1.90. The number of fused-ring (bicyclic) bond motifs is 1. The standard InChI is InChI=1S/C15H16ClN3O4S/c1-2-23-15(20)14-12-9-17-18-13(12)7-8-19(14)24(21,22)11-5-3-10(16)4-6-11/h3-6,9,14H,2,7-8H2,1H3,(H,17,18)/t14-/m1/s1. The number of halogens is 1. The Kier molecular flexibility index (Phi) is 4.62. The highest BCUT2D eigenvalue weighted by Gasteiger charge is 2.42. The van der Waals surface area contributed by atoms with Gasteiger partial charge in [-0.1, -0.05) is 11.6 Å². The topological polar surface area (TPSA) is 92.4 Å². The minimum atomic E-state index is -3.88. The molecule has 0 fully saturated rings. The van der Waals surface area contributed by atoms with Crippen molar-refractivity contribution in [3.63, 3.8) is 0 Å². The van der Waals surface area contributed by atoms with Gasteiger partial charge in [-0.05, 0) is 31.2 Å². The molecule has 0 aliphatic carbocycles. The third kappa shape index (κ3) is 2.92. The third-order valence-corrected chi connectivity index (χ3v) is 5.98. The zero-order valence-corrected chi connectivity index (χ0v) is 14.5. The molecule has 1 aromatic heterocycles. The van der Waals surface area contributed by atoms with Crippen LogP contribution >= 0.6 is 11.6 Å². The van der Waals surface area contributed by atoms with Crippen molar-refractivity contribution in [2.45, 2.75) is 24.3 Å². The lowest BCUT2D eigenvalue weighted by atomic mass is 10.0. The summed E-state index contributed by atoms with van der Waals surface area (Å²) in [4.78, 5) is 12.5. The molecule has 2 heterocycles. The fourth-order valence-electron chi connectivity index (χ4n) is 2.73. The fourth-order valence-corrected chi connectivity index (χ4v) is 4.42. The van der Waals surface area contributed by atoms with E-state index in [2.05, 4.69) is 10.2 Å². The fraction of sp³-hybridized carbons (Fsp3) is 0.333. The lowest BCUT2D eigenvalue weighted by Gasteiger charge is -2.32. The van der Waals surface area contributed by atoms with E-state index < -0.39 is 22.0 Å². The molecule has 1 aromatic carbocycles. The number of H-pyrrole nitrogens is 1. The molecule has 0 radical (unpaired) electrons. The minimum Gasteiger partial charge on any atom is -0.465 e. The smallest absolute Gasteiger partial charge is 0.329 e. The minimum absolute atomic E-state index is 0.0770. The van der Waals surface area contributed by atoms with Crippen LogP contribution in [0.4, 0.5) is 0 Å². The van der Waals surface area contributed by atoms with E-state index in [1.807, 2.05) is 0 Å². The molecule has 2 aromatic rings. The third-order valence-electron chi connectivity index (χ3n) is 3.85. The molecule has 24 heavy (non-hydrogen) atoms. The monoisotopic (exact) mass is 369 g/mol. The highest BCUT2D eigenvalue weighted by molar-refractivity contribution is 7.89. The molecule has 0 saturated heterocycles. The number of sulfonamides is 1. The number of carbonyl (C=O) groups excluding carboxylic acids is 1. The SMILES string of the molecule is CCOC(=O)[C@H]1c2cn[nH]c2CCN1S(=O)(=O)c1ccc(Cl)cc1. The number of esters is 1. The first-order valence-electron chi connectivity index (χ1n) is 7.41. The Balaban J connectivity index is 2.04. The number of hydrogen-bond acceptors (Lipinski definition) is 5. The van der Waals surface area contributed by atoms with Crippen molar-refractivity contribution in [2.24, 2.45) is 0 Å². The zero-order valence-electron chi connectivity index (χ0n) is 12.9. The second-order valence-electron chi connectivity index (χ2n) is 5.28. The van der Waals surface area contributed by atoms with Gasteiger partial charge in [0, 0.05) is 29.2 Å². The summed E-state index contributed by atoms with van der Waals surface area (Å²) in [6.07, 6.45) is 1.92. The van der Waals surface area contributed by atoms with E-state index in [-0.39, 0.29) is 18.0 Å².